The van der Waals surface area contributed by atoms with Gasteiger partial charge in [-0.15, -0.1) is 0 Å². The van der Waals surface area contributed by atoms with E-state index in [1.54, 1.807) is 0 Å². The van der Waals surface area contributed by atoms with Crippen molar-refractivity contribution in [2.75, 3.05) is 13.1 Å². The number of nitrogens with zero attached hydrogens (tertiary/aromatic N) is 1. The summed E-state index contributed by atoms with van der Waals surface area (Å²) in [6, 6.07) is 5.71. The Kier molecular flexibility index (Phi) is 2.53. The Morgan fingerprint density at radius 2 is 2.19 bits per heavy atom. The number of alkyl halides is 2. The molecule has 0 bridgehead atoms. The SMILES string of the molecule is O=C(c1cccc(O)c1)N1CCC(F)(F)C1. The predicted molar refractivity (Wildman–Crippen MR) is 53.6 cm³/mol. The lowest BCUT2D eigenvalue weighted by Gasteiger charge is -2.15. The summed E-state index contributed by atoms with van der Waals surface area (Å²) in [5.41, 5.74) is 0.234. The highest BCUT2D eigenvalue weighted by atomic mass is 19.3. The van der Waals surface area contributed by atoms with Crippen molar-refractivity contribution in [1.82, 2.24) is 4.90 Å². The maximum atomic E-state index is 12.9. The van der Waals surface area contributed by atoms with E-state index in [0.717, 1.165) is 4.90 Å². The van der Waals surface area contributed by atoms with Crippen molar-refractivity contribution in [2.24, 2.45) is 0 Å². The maximum Gasteiger partial charge on any atom is 0.267 e. The van der Waals surface area contributed by atoms with E-state index in [0.29, 0.717) is 0 Å². The molecule has 3 nitrogen and oxygen atoms in total. The van der Waals surface area contributed by atoms with Gasteiger partial charge in [-0.05, 0) is 18.2 Å². The van der Waals surface area contributed by atoms with Crippen LogP contribution in [-0.2, 0) is 0 Å². The summed E-state index contributed by atoms with van der Waals surface area (Å²) in [5.74, 6) is -3.29. The first-order valence-corrected chi connectivity index (χ1v) is 4.94. The Balaban J connectivity index is 2.15. The Morgan fingerprint density at radius 1 is 1.44 bits per heavy atom. The maximum absolute atomic E-state index is 12.9. The number of phenolic OH excluding ortho intramolecular Hbond substituents is 1. The van der Waals surface area contributed by atoms with Crippen LogP contribution in [0.1, 0.15) is 16.8 Å². The third-order valence-electron chi connectivity index (χ3n) is 2.55. The molecule has 0 radical (unpaired) electrons. The Morgan fingerprint density at radius 3 is 2.75 bits per heavy atom. The zero-order valence-electron chi connectivity index (χ0n) is 8.49. The Labute approximate surface area is 91.3 Å². The molecule has 1 aliphatic heterocycles. The summed E-state index contributed by atoms with van der Waals surface area (Å²) < 4.78 is 25.8. The lowest BCUT2D eigenvalue weighted by Crippen LogP contribution is -2.31. The van der Waals surface area contributed by atoms with Crippen molar-refractivity contribution in [3.05, 3.63) is 29.8 Å². The minimum atomic E-state index is -2.79. The number of phenols is 1. The quantitative estimate of drug-likeness (QED) is 0.795. The van der Waals surface area contributed by atoms with Crippen molar-refractivity contribution in [3.63, 3.8) is 0 Å². The fraction of sp³-hybridized carbons (Fsp3) is 0.364. The van der Waals surface area contributed by atoms with E-state index in [9.17, 15) is 18.7 Å². The summed E-state index contributed by atoms with van der Waals surface area (Å²) >= 11 is 0. The molecule has 1 saturated heterocycles. The van der Waals surface area contributed by atoms with Crippen LogP contribution >= 0.6 is 0 Å². The molecule has 1 aromatic rings. The average molecular weight is 227 g/mol. The molecule has 16 heavy (non-hydrogen) atoms. The molecule has 1 fully saturated rings. The normalized spacial score (nSPS) is 18.8. The summed E-state index contributed by atoms with van der Waals surface area (Å²) in [5, 5.41) is 9.19. The molecular formula is C11H11F2NO2. The van der Waals surface area contributed by atoms with Crippen LogP contribution in [-0.4, -0.2) is 34.9 Å². The molecule has 1 N–H and O–H groups in total. The van der Waals surface area contributed by atoms with Crippen molar-refractivity contribution in [1.29, 1.82) is 0 Å². The van der Waals surface area contributed by atoms with Crippen LogP contribution in [0.2, 0.25) is 0 Å². The number of benzene rings is 1. The highest BCUT2D eigenvalue weighted by Gasteiger charge is 2.40. The zero-order chi connectivity index (χ0) is 11.8. The molecule has 0 aliphatic carbocycles. The topological polar surface area (TPSA) is 40.5 Å². The van der Waals surface area contributed by atoms with Crippen LogP contribution < -0.4 is 0 Å². The molecule has 86 valence electrons. The van der Waals surface area contributed by atoms with Gasteiger partial charge in [-0.25, -0.2) is 8.78 Å². The number of hydrogen-bond donors (Lipinski definition) is 1. The number of rotatable bonds is 1. The second-order valence-corrected chi connectivity index (χ2v) is 3.88. The zero-order valence-corrected chi connectivity index (χ0v) is 8.49. The van der Waals surface area contributed by atoms with E-state index in [1.165, 1.54) is 24.3 Å². The van der Waals surface area contributed by atoms with Gasteiger partial charge in [0.2, 0.25) is 0 Å². The standard InChI is InChI=1S/C11H11F2NO2/c12-11(13)4-5-14(7-11)10(16)8-2-1-3-9(15)6-8/h1-3,6,15H,4-5,7H2. The van der Waals surface area contributed by atoms with Crippen LogP contribution in [0.5, 0.6) is 5.75 Å². The number of hydrogen-bond acceptors (Lipinski definition) is 2. The van der Waals surface area contributed by atoms with Gasteiger partial charge in [-0.3, -0.25) is 4.79 Å². The lowest BCUT2D eigenvalue weighted by molar-refractivity contribution is 0.0120. The number of likely N-dealkylation sites (tertiary alicyclic amines) is 1. The minimum Gasteiger partial charge on any atom is -0.508 e. The molecule has 0 saturated carbocycles. The van der Waals surface area contributed by atoms with E-state index in [-0.39, 0.29) is 24.3 Å². The van der Waals surface area contributed by atoms with Gasteiger partial charge in [0.15, 0.2) is 0 Å². The fourth-order valence-electron chi connectivity index (χ4n) is 1.73. The average Bonchev–Trinajstić information content (AvgIpc) is 2.58. The Bertz CT molecular complexity index is 420. The molecule has 1 heterocycles. The Hall–Kier alpha value is -1.65. The van der Waals surface area contributed by atoms with Gasteiger partial charge in [0.05, 0.1) is 6.54 Å². The van der Waals surface area contributed by atoms with Crippen molar-refractivity contribution in [3.8, 4) is 5.75 Å². The van der Waals surface area contributed by atoms with Crippen LogP contribution in [0.4, 0.5) is 8.78 Å². The van der Waals surface area contributed by atoms with Crippen molar-refractivity contribution in [2.45, 2.75) is 12.3 Å². The molecule has 0 atom stereocenters. The molecule has 1 amide bonds. The van der Waals surface area contributed by atoms with Gasteiger partial charge >= 0.3 is 0 Å². The fourth-order valence-corrected chi connectivity index (χ4v) is 1.73. The van der Waals surface area contributed by atoms with Crippen LogP contribution in [0.3, 0.4) is 0 Å². The minimum absolute atomic E-state index is 0.0446. The van der Waals surface area contributed by atoms with E-state index in [1.807, 2.05) is 0 Å². The van der Waals surface area contributed by atoms with Crippen LogP contribution in [0.25, 0.3) is 0 Å². The van der Waals surface area contributed by atoms with Crippen LogP contribution in [0.15, 0.2) is 24.3 Å². The van der Waals surface area contributed by atoms with E-state index in [2.05, 4.69) is 0 Å². The van der Waals surface area contributed by atoms with Crippen molar-refractivity contribution >= 4 is 5.91 Å². The smallest absolute Gasteiger partial charge is 0.267 e. The summed E-state index contributed by atoms with van der Waals surface area (Å²) in [6.45, 7) is -0.483. The third-order valence-corrected chi connectivity index (χ3v) is 2.55. The molecule has 2 rings (SSSR count). The summed E-state index contributed by atoms with van der Waals surface area (Å²) in [4.78, 5) is 12.9. The summed E-state index contributed by atoms with van der Waals surface area (Å²) in [7, 11) is 0. The first-order chi connectivity index (χ1) is 7.48. The highest BCUT2D eigenvalue weighted by molar-refractivity contribution is 5.94. The third kappa shape index (κ3) is 2.13. The van der Waals surface area contributed by atoms with E-state index >= 15 is 0 Å². The molecule has 0 aromatic heterocycles. The monoisotopic (exact) mass is 227 g/mol. The van der Waals surface area contributed by atoms with Gasteiger partial charge in [0, 0.05) is 18.5 Å². The van der Waals surface area contributed by atoms with Crippen molar-refractivity contribution < 1.29 is 18.7 Å². The second kappa shape index (κ2) is 3.73. The lowest BCUT2D eigenvalue weighted by atomic mass is 10.2. The molecule has 0 spiro atoms. The molecular weight excluding hydrogens is 216 g/mol. The molecule has 5 heteroatoms. The molecule has 1 aromatic carbocycles. The second-order valence-electron chi connectivity index (χ2n) is 3.88. The molecule has 1 aliphatic rings. The van der Waals surface area contributed by atoms with Crippen LogP contribution in [0, 0.1) is 0 Å². The first kappa shape index (κ1) is 10.9. The van der Waals surface area contributed by atoms with E-state index < -0.39 is 18.4 Å². The van der Waals surface area contributed by atoms with Gasteiger partial charge in [0.25, 0.3) is 11.8 Å². The number of halogens is 2. The van der Waals surface area contributed by atoms with Gasteiger partial charge in [-0.2, -0.15) is 0 Å². The predicted octanol–water partition coefficient (Wildman–Crippen LogP) is 1.87. The van der Waals surface area contributed by atoms with Gasteiger partial charge in [0.1, 0.15) is 5.75 Å². The number of aromatic hydroxyl groups is 1. The number of amides is 1. The summed E-state index contributed by atoms with van der Waals surface area (Å²) in [6.07, 6.45) is -0.294. The highest BCUT2D eigenvalue weighted by Crippen LogP contribution is 2.28. The number of carbonyl (C=O) groups is 1. The first-order valence-electron chi connectivity index (χ1n) is 4.94. The number of carbonyl (C=O) groups excluding carboxylic acids is 1. The van der Waals surface area contributed by atoms with Gasteiger partial charge in [-0.1, -0.05) is 6.07 Å². The van der Waals surface area contributed by atoms with Gasteiger partial charge < -0.3 is 10.0 Å². The van der Waals surface area contributed by atoms with E-state index in [4.69, 9.17) is 0 Å². The largest absolute Gasteiger partial charge is 0.508 e. The molecule has 0 unspecified atom stereocenters.